The molecule has 0 aromatic heterocycles. The van der Waals surface area contributed by atoms with Crippen LogP contribution in [-0.4, -0.2) is 25.3 Å². The highest BCUT2D eigenvalue weighted by Gasteiger charge is 2.46. The van der Waals surface area contributed by atoms with E-state index in [0.717, 1.165) is 18.4 Å². The standard InChI is InChI=1S/C14H27NO/c1-11(2)13-6-4-5-8-14(13)10-12(15-3)7-9-16-14/h11-13,15H,4-10H2,1-3H3. The minimum absolute atomic E-state index is 0.207. The molecule has 1 spiro atoms. The quantitative estimate of drug-likeness (QED) is 0.780. The van der Waals surface area contributed by atoms with E-state index in [1.165, 1.54) is 38.5 Å². The van der Waals surface area contributed by atoms with E-state index in [9.17, 15) is 0 Å². The van der Waals surface area contributed by atoms with Gasteiger partial charge in [-0.3, -0.25) is 0 Å². The van der Waals surface area contributed by atoms with Crippen LogP contribution in [0.2, 0.25) is 0 Å². The zero-order valence-electron chi connectivity index (χ0n) is 11.1. The summed E-state index contributed by atoms with van der Waals surface area (Å²) in [6.07, 6.45) is 7.83. The largest absolute Gasteiger partial charge is 0.375 e. The van der Waals surface area contributed by atoms with Crippen LogP contribution < -0.4 is 5.32 Å². The Kier molecular flexibility index (Phi) is 3.91. The van der Waals surface area contributed by atoms with Crippen LogP contribution in [0.25, 0.3) is 0 Å². The van der Waals surface area contributed by atoms with Gasteiger partial charge in [-0.05, 0) is 44.6 Å². The summed E-state index contributed by atoms with van der Waals surface area (Å²) in [5.41, 5.74) is 0.207. The fourth-order valence-corrected chi connectivity index (χ4v) is 3.84. The van der Waals surface area contributed by atoms with Crippen molar-refractivity contribution in [3.8, 4) is 0 Å². The lowest BCUT2D eigenvalue weighted by molar-refractivity contribution is -0.153. The average molecular weight is 225 g/mol. The van der Waals surface area contributed by atoms with Gasteiger partial charge in [-0.1, -0.05) is 26.7 Å². The average Bonchev–Trinajstić information content (AvgIpc) is 2.29. The molecule has 2 fully saturated rings. The summed E-state index contributed by atoms with van der Waals surface area (Å²) in [7, 11) is 2.09. The van der Waals surface area contributed by atoms with Crippen LogP contribution >= 0.6 is 0 Å². The van der Waals surface area contributed by atoms with E-state index >= 15 is 0 Å². The molecular formula is C14H27NO. The molecule has 1 aliphatic heterocycles. The number of hydrogen-bond acceptors (Lipinski definition) is 2. The zero-order chi connectivity index (χ0) is 11.6. The van der Waals surface area contributed by atoms with Crippen LogP contribution in [-0.2, 0) is 4.74 Å². The molecule has 2 aliphatic rings. The van der Waals surface area contributed by atoms with Gasteiger partial charge < -0.3 is 10.1 Å². The van der Waals surface area contributed by atoms with E-state index in [4.69, 9.17) is 4.74 Å². The number of hydrogen-bond donors (Lipinski definition) is 1. The van der Waals surface area contributed by atoms with Gasteiger partial charge in [-0.15, -0.1) is 0 Å². The van der Waals surface area contributed by atoms with Crippen LogP contribution in [0.4, 0.5) is 0 Å². The highest BCUT2D eigenvalue weighted by Crippen LogP contribution is 2.45. The van der Waals surface area contributed by atoms with Crippen molar-refractivity contribution in [3.05, 3.63) is 0 Å². The summed E-state index contributed by atoms with van der Waals surface area (Å²) in [6.45, 7) is 5.68. The van der Waals surface area contributed by atoms with Crippen molar-refractivity contribution < 1.29 is 4.74 Å². The third-order valence-electron chi connectivity index (χ3n) is 4.70. The van der Waals surface area contributed by atoms with Crippen molar-refractivity contribution >= 4 is 0 Å². The molecule has 2 rings (SSSR count). The Labute approximate surface area is 100 Å². The highest BCUT2D eigenvalue weighted by atomic mass is 16.5. The summed E-state index contributed by atoms with van der Waals surface area (Å²) in [6, 6.07) is 0.674. The molecule has 3 unspecified atom stereocenters. The Bertz CT molecular complexity index is 225. The fourth-order valence-electron chi connectivity index (χ4n) is 3.84. The molecule has 1 saturated heterocycles. The summed E-state index contributed by atoms with van der Waals surface area (Å²) < 4.78 is 6.27. The second kappa shape index (κ2) is 5.05. The summed E-state index contributed by atoms with van der Waals surface area (Å²) in [4.78, 5) is 0. The molecule has 94 valence electrons. The predicted molar refractivity (Wildman–Crippen MR) is 67.6 cm³/mol. The lowest BCUT2D eigenvalue weighted by Gasteiger charge is -2.50. The van der Waals surface area contributed by atoms with Crippen molar-refractivity contribution in [2.75, 3.05) is 13.7 Å². The molecule has 2 heteroatoms. The maximum Gasteiger partial charge on any atom is 0.0727 e. The van der Waals surface area contributed by atoms with Gasteiger partial charge in [0.25, 0.3) is 0 Å². The lowest BCUT2D eigenvalue weighted by atomic mass is 9.66. The molecule has 0 bridgehead atoms. The monoisotopic (exact) mass is 225 g/mol. The molecule has 2 nitrogen and oxygen atoms in total. The SMILES string of the molecule is CNC1CCOC2(CCCCC2C(C)C)C1. The smallest absolute Gasteiger partial charge is 0.0727 e. The van der Waals surface area contributed by atoms with Crippen molar-refractivity contribution in [2.24, 2.45) is 11.8 Å². The Morgan fingerprint density at radius 2 is 2.06 bits per heavy atom. The minimum atomic E-state index is 0.207. The molecule has 16 heavy (non-hydrogen) atoms. The topological polar surface area (TPSA) is 21.3 Å². The van der Waals surface area contributed by atoms with E-state index in [1.807, 2.05) is 0 Å². The first-order chi connectivity index (χ1) is 7.68. The van der Waals surface area contributed by atoms with E-state index in [-0.39, 0.29) is 5.60 Å². The van der Waals surface area contributed by atoms with Crippen molar-refractivity contribution in [1.29, 1.82) is 0 Å². The summed E-state index contributed by atoms with van der Waals surface area (Å²) in [5, 5.41) is 3.45. The fraction of sp³-hybridized carbons (Fsp3) is 1.00. The van der Waals surface area contributed by atoms with Crippen molar-refractivity contribution in [2.45, 2.75) is 64.0 Å². The number of ether oxygens (including phenoxy) is 1. The van der Waals surface area contributed by atoms with Crippen LogP contribution in [0.5, 0.6) is 0 Å². The molecule has 0 amide bonds. The Morgan fingerprint density at radius 3 is 2.75 bits per heavy atom. The van der Waals surface area contributed by atoms with Gasteiger partial charge in [-0.2, -0.15) is 0 Å². The molecule has 0 radical (unpaired) electrons. The molecule has 0 aromatic rings. The van der Waals surface area contributed by atoms with Crippen LogP contribution in [0, 0.1) is 11.8 Å². The molecule has 1 aliphatic carbocycles. The van der Waals surface area contributed by atoms with E-state index in [0.29, 0.717) is 6.04 Å². The van der Waals surface area contributed by atoms with E-state index < -0.39 is 0 Å². The maximum absolute atomic E-state index is 6.27. The van der Waals surface area contributed by atoms with Gasteiger partial charge in [0.2, 0.25) is 0 Å². The van der Waals surface area contributed by atoms with Gasteiger partial charge in [0.15, 0.2) is 0 Å². The maximum atomic E-state index is 6.27. The van der Waals surface area contributed by atoms with E-state index in [1.54, 1.807) is 0 Å². The van der Waals surface area contributed by atoms with Gasteiger partial charge >= 0.3 is 0 Å². The van der Waals surface area contributed by atoms with E-state index in [2.05, 4.69) is 26.2 Å². The molecular weight excluding hydrogens is 198 g/mol. The second-order valence-corrected chi connectivity index (χ2v) is 5.99. The summed E-state index contributed by atoms with van der Waals surface area (Å²) >= 11 is 0. The Morgan fingerprint density at radius 1 is 1.25 bits per heavy atom. The first-order valence-electron chi connectivity index (χ1n) is 6.99. The minimum Gasteiger partial charge on any atom is -0.375 e. The number of nitrogens with one attached hydrogen (secondary N) is 1. The molecule has 1 N–H and O–H groups in total. The van der Waals surface area contributed by atoms with Crippen LogP contribution in [0.1, 0.15) is 52.4 Å². The van der Waals surface area contributed by atoms with Gasteiger partial charge in [0.1, 0.15) is 0 Å². The van der Waals surface area contributed by atoms with Crippen molar-refractivity contribution in [1.82, 2.24) is 5.32 Å². The normalized spacial score (nSPS) is 40.5. The Balaban J connectivity index is 2.12. The molecule has 3 atom stereocenters. The summed E-state index contributed by atoms with van der Waals surface area (Å²) in [5.74, 6) is 1.54. The Hall–Kier alpha value is -0.0800. The second-order valence-electron chi connectivity index (χ2n) is 5.99. The first-order valence-corrected chi connectivity index (χ1v) is 6.99. The predicted octanol–water partition coefficient (Wildman–Crippen LogP) is 2.97. The van der Waals surface area contributed by atoms with Gasteiger partial charge in [-0.25, -0.2) is 0 Å². The third kappa shape index (κ3) is 2.28. The molecule has 1 saturated carbocycles. The van der Waals surface area contributed by atoms with Gasteiger partial charge in [0, 0.05) is 12.6 Å². The molecule has 1 heterocycles. The zero-order valence-corrected chi connectivity index (χ0v) is 11.1. The van der Waals surface area contributed by atoms with Gasteiger partial charge in [0.05, 0.1) is 5.60 Å². The highest BCUT2D eigenvalue weighted by molar-refractivity contribution is 4.98. The third-order valence-corrected chi connectivity index (χ3v) is 4.70. The lowest BCUT2D eigenvalue weighted by Crippen LogP contribution is -2.53. The van der Waals surface area contributed by atoms with Crippen LogP contribution in [0.15, 0.2) is 0 Å². The molecule has 0 aromatic carbocycles. The van der Waals surface area contributed by atoms with Crippen molar-refractivity contribution in [3.63, 3.8) is 0 Å². The number of rotatable bonds is 2. The first kappa shape index (κ1) is 12.4. The van der Waals surface area contributed by atoms with Crippen LogP contribution in [0.3, 0.4) is 0 Å².